The fraction of sp³-hybridized carbons (Fsp3) is 0.222. The van der Waals surface area contributed by atoms with E-state index in [1.54, 1.807) is 7.11 Å². The lowest BCUT2D eigenvalue weighted by atomic mass is 10.0. The number of ether oxygens (including phenoxy) is 1. The average molecular weight is 322 g/mol. The first-order valence-corrected chi connectivity index (χ1v) is 7.59. The molecular weight excluding hydrogens is 304 g/mol. The van der Waals surface area contributed by atoms with Gasteiger partial charge in [-0.05, 0) is 42.8 Å². The summed E-state index contributed by atoms with van der Waals surface area (Å²) in [5.74, 6) is 1.14. The molecule has 0 atom stereocenters. The maximum absolute atomic E-state index is 12.5. The zero-order valence-electron chi connectivity index (χ0n) is 13.9. The van der Waals surface area contributed by atoms with Gasteiger partial charge < -0.3 is 4.74 Å². The van der Waals surface area contributed by atoms with Gasteiger partial charge in [-0.15, -0.1) is 10.2 Å². The Kier molecular flexibility index (Phi) is 4.37. The molecule has 2 aromatic carbocycles. The second-order valence-electron chi connectivity index (χ2n) is 5.62. The smallest absolute Gasteiger partial charge is 0.205 e. The van der Waals surface area contributed by atoms with Crippen molar-refractivity contribution in [1.29, 1.82) is 0 Å². The highest BCUT2D eigenvalue weighted by atomic mass is 16.5. The molecule has 0 N–H and O–H groups in total. The lowest BCUT2D eigenvalue weighted by Crippen LogP contribution is -2.14. The molecule has 24 heavy (non-hydrogen) atoms. The Morgan fingerprint density at radius 2 is 2.00 bits per heavy atom. The van der Waals surface area contributed by atoms with Crippen molar-refractivity contribution in [2.75, 3.05) is 7.11 Å². The Bertz CT molecular complexity index is 886. The van der Waals surface area contributed by atoms with Crippen molar-refractivity contribution in [3.05, 3.63) is 59.2 Å². The Morgan fingerprint density at radius 1 is 1.17 bits per heavy atom. The maximum atomic E-state index is 12.5. The first-order valence-electron chi connectivity index (χ1n) is 7.59. The SMILES string of the molecule is COc1cccc(-c2nnn(CC(=O)c3cc(C)ccc3C)n2)c1. The molecule has 0 aliphatic heterocycles. The molecule has 1 aromatic heterocycles. The van der Waals surface area contributed by atoms with Crippen LogP contribution in [0.25, 0.3) is 11.4 Å². The first kappa shape index (κ1) is 15.9. The third kappa shape index (κ3) is 3.32. The second kappa shape index (κ2) is 6.62. The van der Waals surface area contributed by atoms with Gasteiger partial charge >= 0.3 is 0 Å². The van der Waals surface area contributed by atoms with Crippen molar-refractivity contribution >= 4 is 5.78 Å². The van der Waals surface area contributed by atoms with Crippen LogP contribution in [-0.4, -0.2) is 33.1 Å². The number of aryl methyl sites for hydroxylation is 2. The van der Waals surface area contributed by atoms with E-state index in [2.05, 4.69) is 15.4 Å². The fourth-order valence-corrected chi connectivity index (χ4v) is 2.44. The highest BCUT2D eigenvalue weighted by Crippen LogP contribution is 2.20. The van der Waals surface area contributed by atoms with Crippen molar-refractivity contribution < 1.29 is 9.53 Å². The second-order valence-corrected chi connectivity index (χ2v) is 5.62. The Balaban J connectivity index is 1.81. The number of aromatic nitrogens is 4. The van der Waals surface area contributed by atoms with E-state index in [0.717, 1.165) is 22.4 Å². The van der Waals surface area contributed by atoms with Gasteiger partial charge in [-0.2, -0.15) is 4.80 Å². The molecule has 0 unspecified atom stereocenters. The summed E-state index contributed by atoms with van der Waals surface area (Å²) in [5.41, 5.74) is 3.47. The molecule has 3 aromatic rings. The van der Waals surface area contributed by atoms with E-state index in [-0.39, 0.29) is 12.3 Å². The molecule has 6 nitrogen and oxygen atoms in total. The van der Waals surface area contributed by atoms with Crippen molar-refractivity contribution in [3.63, 3.8) is 0 Å². The molecule has 6 heteroatoms. The molecule has 0 aliphatic rings. The van der Waals surface area contributed by atoms with Gasteiger partial charge in [0, 0.05) is 11.1 Å². The van der Waals surface area contributed by atoms with Crippen LogP contribution in [0.4, 0.5) is 0 Å². The molecule has 3 rings (SSSR count). The number of rotatable bonds is 5. The van der Waals surface area contributed by atoms with Crippen LogP contribution < -0.4 is 4.74 Å². The number of ketones is 1. The van der Waals surface area contributed by atoms with E-state index in [0.29, 0.717) is 11.4 Å². The van der Waals surface area contributed by atoms with E-state index in [4.69, 9.17) is 4.74 Å². The molecule has 0 aliphatic carbocycles. The van der Waals surface area contributed by atoms with Crippen LogP contribution in [0.3, 0.4) is 0 Å². The Hall–Kier alpha value is -3.02. The van der Waals surface area contributed by atoms with Gasteiger partial charge in [0.05, 0.1) is 7.11 Å². The van der Waals surface area contributed by atoms with Gasteiger partial charge in [0.1, 0.15) is 12.3 Å². The maximum Gasteiger partial charge on any atom is 0.205 e. The minimum atomic E-state index is -0.0363. The van der Waals surface area contributed by atoms with E-state index in [1.165, 1.54) is 4.80 Å². The van der Waals surface area contributed by atoms with Crippen LogP contribution >= 0.6 is 0 Å². The summed E-state index contributed by atoms with van der Waals surface area (Å²) in [5, 5.41) is 12.3. The summed E-state index contributed by atoms with van der Waals surface area (Å²) in [4.78, 5) is 13.8. The number of carbonyl (C=O) groups excluding carboxylic acids is 1. The summed E-state index contributed by atoms with van der Waals surface area (Å²) >= 11 is 0. The lowest BCUT2D eigenvalue weighted by Gasteiger charge is -2.05. The number of hydrogen-bond acceptors (Lipinski definition) is 5. The topological polar surface area (TPSA) is 69.9 Å². The number of tetrazole rings is 1. The first-order chi connectivity index (χ1) is 11.6. The standard InChI is InChI=1S/C18H18N4O2/c1-12-7-8-13(2)16(9-12)17(23)11-22-20-18(19-21-22)14-5-4-6-15(10-14)24-3/h4-10H,11H2,1-3H3. The van der Waals surface area contributed by atoms with Crippen LogP contribution in [0, 0.1) is 13.8 Å². The molecule has 0 fully saturated rings. The molecule has 0 radical (unpaired) electrons. The Morgan fingerprint density at radius 3 is 2.79 bits per heavy atom. The van der Waals surface area contributed by atoms with E-state index in [1.807, 2.05) is 56.3 Å². The van der Waals surface area contributed by atoms with Crippen molar-refractivity contribution in [2.45, 2.75) is 20.4 Å². The van der Waals surface area contributed by atoms with E-state index < -0.39 is 0 Å². The molecule has 122 valence electrons. The minimum absolute atomic E-state index is 0.0363. The van der Waals surface area contributed by atoms with Gasteiger partial charge in [-0.1, -0.05) is 29.8 Å². The number of methoxy groups -OCH3 is 1. The zero-order valence-corrected chi connectivity index (χ0v) is 13.9. The third-order valence-electron chi connectivity index (χ3n) is 3.76. The van der Waals surface area contributed by atoms with Gasteiger partial charge in [0.25, 0.3) is 0 Å². The van der Waals surface area contributed by atoms with E-state index >= 15 is 0 Å². The number of benzene rings is 2. The normalized spacial score (nSPS) is 10.6. The zero-order chi connectivity index (χ0) is 17.1. The van der Waals surface area contributed by atoms with Crippen molar-refractivity contribution in [1.82, 2.24) is 20.2 Å². The summed E-state index contributed by atoms with van der Waals surface area (Å²) in [6, 6.07) is 13.2. The molecular formula is C18H18N4O2. The Labute approximate surface area is 140 Å². The monoisotopic (exact) mass is 322 g/mol. The molecule has 0 amide bonds. The number of hydrogen-bond donors (Lipinski definition) is 0. The molecule has 0 spiro atoms. The van der Waals surface area contributed by atoms with Crippen molar-refractivity contribution in [2.24, 2.45) is 0 Å². The van der Waals surface area contributed by atoms with Crippen LogP contribution in [0.2, 0.25) is 0 Å². The number of carbonyl (C=O) groups is 1. The molecule has 0 saturated carbocycles. The largest absolute Gasteiger partial charge is 0.497 e. The number of Topliss-reactive ketones (excluding diaryl/α,β-unsaturated/α-hetero) is 1. The van der Waals surface area contributed by atoms with Crippen LogP contribution in [-0.2, 0) is 6.54 Å². The quantitative estimate of drug-likeness (QED) is 0.676. The lowest BCUT2D eigenvalue weighted by molar-refractivity contribution is 0.0960. The summed E-state index contributed by atoms with van der Waals surface area (Å²) in [6.45, 7) is 3.94. The predicted octanol–water partition coefficient (Wildman–Crippen LogP) is 2.85. The van der Waals surface area contributed by atoms with Gasteiger partial charge in [-0.25, -0.2) is 0 Å². The third-order valence-corrected chi connectivity index (χ3v) is 3.76. The summed E-state index contributed by atoms with van der Waals surface area (Å²) in [7, 11) is 1.60. The van der Waals surface area contributed by atoms with Crippen LogP contribution in [0.15, 0.2) is 42.5 Å². The molecule has 1 heterocycles. The van der Waals surface area contributed by atoms with Crippen LogP contribution in [0.1, 0.15) is 21.5 Å². The minimum Gasteiger partial charge on any atom is -0.497 e. The summed E-state index contributed by atoms with van der Waals surface area (Å²) < 4.78 is 5.19. The van der Waals surface area contributed by atoms with Gasteiger partial charge in [-0.3, -0.25) is 4.79 Å². The highest BCUT2D eigenvalue weighted by molar-refractivity contribution is 5.97. The average Bonchev–Trinajstić information content (AvgIpc) is 3.05. The van der Waals surface area contributed by atoms with Crippen molar-refractivity contribution in [3.8, 4) is 17.1 Å². The van der Waals surface area contributed by atoms with Crippen LogP contribution in [0.5, 0.6) is 5.75 Å². The van der Waals surface area contributed by atoms with Gasteiger partial charge in [0.15, 0.2) is 5.78 Å². The van der Waals surface area contributed by atoms with Gasteiger partial charge in [0.2, 0.25) is 5.82 Å². The highest BCUT2D eigenvalue weighted by Gasteiger charge is 2.13. The molecule has 0 saturated heterocycles. The predicted molar refractivity (Wildman–Crippen MR) is 90.1 cm³/mol. The molecule has 0 bridgehead atoms. The fourth-order valence-electron chi connectivity index (χ4n) is 2.44. The summed E-state index contributed by atoms with van der Waals surface area (Å²) in [6.07, 6.45) is 0. The van der Waals surface area contributed by atoms with E-state index in [9.17, 15) is 4.79 Å². The number of nitrogens with zero attached hydrogens (tertiary/aromatic N) is 4.